The summed E-state index contributed by atoms with van der Waals surface area (Å²) in [7, 11) is -5.14. The quantitative estimate of drug-likeness (QED) is 0.258. The zero-order valence-electron chi connectivity index (χ0n) is 4.12. The third-order valence-electron chi connectivity index (χ3n) is 0. The van der Waals surface area contributed by atoms with Crippen molar-refractivity contribution in [1.29, 1.82) is 0 Å². The first kappa shape index (κ1) is 15.9. The molecule has 0 aromatic carbocycles. The van der Waals surface area contributed by atoms with Crippen LogP contribution in [0.2, 0.25) is 0 Å². The van der Waals surface area contributed by atoms with Gasteiger partial charge in [0.15, 0.2) is 0 Å². The van der Waals surface area contributed by atoms with Gasteiger partial charge in [0, 0.05) is 0 Å². The van der Waals surface area contributed by atoms with Crippen molar-refractivity contribution in [2.45, 2.75) is 0 Å². The van der Waals surface area contributed by atoms with Crippen LogP contribution in [0.25, 0.3) is 0 Å². The number of rotatable bonds is 0. The summed E-state index contributed by atoms with van der Waals surface area (Å²) in [6.45, 7) is 0. The van der Waals surface area contributed by atoms with Crippen molar-refractivity contribution in [3.05, 3.63) is 0 Å². The predicted molar refractivity (Wildman–Crippen MR) is 9.83 cm³/mol. The summed E-state index contributed by atoms with van der Waals surface area (Å²) in [6.07, 6.45) is 0. The molecule has 7 heteroatoms. The molecule has 0 radical (unpaired) electrons. The van der Waals surface area contributed by atoms with E-state index < -0.39 is 7.82 Å². The first-order chi connectivity index (χ1) is 2.00. The van der Waals surface area contributed by atoms with Crippen LogP contribution in [-0.2, 0) is 4.57 Å². The van der Waals surface area contributed by atoms with Gasteiger partial charge in [-0.3, -0.25) is 0 Å². The van der Waals surface area contributed by atoms with Gasteiger partial charge in [0.05, 0.1) is 7.82 Å². The van der Waals surface area contributed by atoms with Crippen LogP contribution in [0.5, 0.6) is 0 Å². The summed E-state index contributed by atoms with van der Waals surface area (Å²) in [5.74, 6) is 0. The molecule has 7 heavy (non-hydrogen) atoms. The largest absolute Gasteiger partial charge is 1.00 e. The Labute approximate surface area is 75.0 Å². The summed E-state index contributed by atoms with van der Waals surface area (Å²) in [5.41, 5.74) is 0. The molecule has 0 aromatic rings. The minimum Gasteiger partial charge on any atom is -0.790 e. The van der Waals surface area contributed by atoms with Crippen molar-refractivity contribution in [3.8, 4) is 0 Å². The van der Waals surface area contributed by atoms with Crippen LogP contribution in [0.4, 0.5) is 0 Å². The fourth-order valence-corrected chi connectivity index (χ4v) is 0. The normalized spacial score (nSPS) is 8.43. The summed E-state index contributed by atoms with van der Waals surface area (Å²) >= 11 is 0. The van der Waals surface area contributed by atoms with Crippen molar-refractivity contribution in [2.24, 2.45) is 0 Å². The fourth-order valence-electron chi connectivity index (χ4n) is 0. The zero-order chi connectivity index (χ0) is 4.50. The van der Waals surface area contributed by atoms with Crippen molar-refractivity contribution in [2.75, 3.05) is 0 Å². The third kappa shape index (κ3) is 86.1. The van der Waals surface area contributed by atoms with Gasteiger partial charge in [0.2, 0.25) is 0 Å². The third-order valence-corrected chi connectivity index (χ3v) is 0. The summed E-state index contributed by atoms with van der Waals surface area (Å²) in [5, 5.41) is 0. The molecule has 0 fully saturated rings. The minimum absolute atomic E-state index is 0. The Balaban J connectivity index is -0.0000000800. The second kappa shape index (κ2) is 5.84. The molecule has 0 rings (SSSR count). The van der Waals surface area contributed by atoms with Crippen LogP contribution >= 0.6 is 7.82 Å². The maximum atomic E-state index is 8.66. The van der Waals surface area contributed by atoms with Gasteiger partial charge in [-0.05, 0) is 0 Å². The van der Waals surface area contributed by atoms with E-state index in [1.165, 1.54) is 0 Å². The molecule has 0 aromatic heterocycles. The number of hydrogen-bond donors (Lipinski definition) is 1. The van der Waals surface area contributed by atoms with Gasteiger partial charge >= 0.3 is 48.4 Å². The smallest absolute Gasteiger partial charge is 0.790 e. The number of hydrogen-bond acceptors (Lipinski definition) is 3. The molecule has 0 atom stereocenters. The molecule has 0 saturated heterocycles. The fraction of sp³-hybridized carbons (Fsp3) is 0. The van der Waals surface area contributed by atoms with E-state index in [9.17, 15) is 0 Å². The first-order valence-corrected chi connectivity index (χ1v) is 2.24. The van der Waals surface area contributed by atoms with Crippen molar-refractivity contribution >= 4 is 7.82 Å². The van der Waals surface area contributed by atoms with Crippen LogP contribution in [-0.4, -0.2) is 4.89 Å². The molecule has 32 valence electrons. The van der Waals surface area contributed by atoms with Crippen molar-refractivity contribution in [1.82, 2.24) is 0 Å². The van der Waals surface area contributed by atoms with Crippen molar-refractivity contribution in [3.63, 3.8) is 0 Å². The van der Waals surface area contributed by atoms with E-state index in [-0.39, 0.29) is 48.4 Å². The molecular weight excluding hydrogens is 125 g/mol. The van der Waals surface area contributed by atoms with Crippen LogP contribution < -0.4 is 58.2 Å². The topological polar surface area (TPSA) is 83.4 Å². The minimum atomic E-state index is -5.14. The van der Waals surface area contributed by atoms with Gasteiger partial charge in [-0.25, -0.2) is 0 Å². The van der Waals surface area contributed by atoms with E-state index in [0.29, 0.717) is 0 Å². The van der Waals surface area contributed by atoms with Gasteiger partial charge < -0.3 is 19.2 Å². The van der Waals surface area contributed by atoms with Crippen LogP contribution in [0, 0.1) is 0 Å². The molecular formula is HLiNaO4P. The Morgan fingerprint density at radius 2 is 1.43 bits per heavy atom. The van der Waals surface area contributed by atoms with Gasteiger partial charge in [-0.1, -0.05) is 0 Å². The van der Waals surface area contributed by atoms with Gasteiger partial charge in [-0.15, -0.1) is 0 Å². The van der Waals surface area contributed by atoms with E-state index in [1.807, 2.05) is 0 Å². The van der Waals surface area contributed by atoms with E-state index in [0.717, 1.165) is 0 Å². The summed E-state index contributed by atoms with van der Waals surface area (Å²) in [6, 6.07) is 0. The van der Waals surface area contributed by atoms with E-state index in [1.54, 1.807) is 0 Å². The van der Waals surface area contributed by atoms with Crippen molar-refractivity contribution < 1.29 is 67.7 Å². The molecule has 0 aliphatic heterocycles. The summed E-state index contributed by atoms with van der Waals surface area (Å²) in [4.78, 5) is 24.3. The predicted octanol–water partition coefficient (Wildman–Crippen LogP) is -8.18. The molecule has 0 saturated carbocycles. The van der Waals surface area contributed by atoms with Gasteiger partial charge in [0.1, 0.15) is 0 Å². The maximum Gasteiger partial charge on any atom is 1.00 e. The zero-order valence-corrected chi connectivity index (χ0v) is 7.01. The molecule has 0 bridgehead atoms. The second-order valence-electron chi connectivity index (χ2n) is 0.469. The second-order valence-corrected chi connectivity index (χ2v) is 1.41. The Morgan fingerprint density at radius 1 is 1.43 bits per heavy atom. The molecule has 4 nitrogen and oxygen atoms in total. The summed E-state index contributed by atoms with van der Waals surface area (Å²) < 4.78 is 8.66. The van der Waals surface area contributed by atoms with E-state index >= 15 is 0 Å². The molecule has 0 aliphatic carbocycles. The Hall–Kier alpha value is 1.71. The Kier molecular flexibility index (Phi) is 13.2. The van der Waals surface area contributed by atoms with Crippen LogP contribution in [0.3, 0.4) is 0 Å². The Morgan fingerprint density at radius 3 is 1.43 bits per heavy atom. The number of phosphoric acid groups is 1. The average molecular weight is 126 g/mol. The molecule has 0 spiro atoms. The molecule has 0 aliphatic rings. The average Bonchev–Trinajstić information content (AvgIpc) is 0.722. The van der Waals surface area contributed by atoms with Gasteiger partial charge in [-0.2, -0.15) is 0 Å². The maximum absolute atomic E-state index is 8.66. The SMILES string of the molecule is O=P([O-])([O-])O.[Li+].[Na+]. The van der Waals surface area contributed by atoms with Gasteiger partial charge in [0.25, 0.3) is 0 Å². The molecule has 0 amide bonds. The molecule has 0 heterocycles. The van der Waals surface area contributed by atoms with E-state index in [4.69, 9.17) is 19.2 Å². The van der Waals surface area contributed by atoms with Crippen LogP contribution in [0.1, 0.15) is 0 Å². The van der Waals surface area contributed by atoms with E-state index in [2.05, 4.69) is 0 Å². The molecule has 0 unspecified atom stereocenters. The van der Waals surface area contributed by atoms with Crippen LogP contribution in [0.15, 0.2) is 0 Å². The monoisotopic (exact) mass is 126 g/mol. The molecule has 1 N–H and O–H groups in total. The Bertz CT molecular complexity index is 57.8. The first-order valence-electron chi connectivity index (χ1n) is 0.748. The standard InChI is InChI=1S/Li.Na.H3O4P/c;;1-5(2,3)4/h;;(H3,1,2,3,4)/q2*+1;/p-2.